The number of benzene rings is 1. The highest BCUT2D eigenvalue weighted by atomic mass is 127. The van der Waals surface area contributed by atoms with Gasteiger partial charge in [-0.05, 0) is 55.4 Å². The van der Waals surface area contributed by atoms with Crippen molar-refractivity contribution in [3.63, 3.8) is 0 Å². The Labute approximate surface area is 172 Å². The van der Waals surface area contributed by atoms with Crippen molar-refractivity contribution < 1.29 is 0 Å². The zero-order chi connectivity index (χ0) is 17.1. The monoisotopic (exact) mass is 465 g/mol. The Morgan fingerprint density at radius 1 is 1.27 bits per heavy atom. The van der Waals surface area contributed by atoms with Crippen molar-refractivity contribution in [1.82, 2.24) is 20.0 Å². The maximum atomic E-state index is 4.91. The third-order valence-corrected chi connectivity index (χ3v) is 5.58. The van der Waals surface area contributed by atoms with E-state index in [2.05, 4.69) is 46.5 Å². The van der Waals surface area contributed by atoms with Gasteiger partial charge in [-0.2, -0.15) is 5.10 Å². The Kier molecular flexibility index (Phi) is 6.21. The van der Waals surface area contributed by atoms with Crippen LogP contribution in [0, 0.1) is 5.41 Å². The molecule has 4 rings (SSSR count). The molecule has 2 aliphatic rings. The zero-order valence-corrected chi connectivity index (χ0v) is 17.7. The lowest BCUT2D eigenvalue weighted by Crippen LogP contribution is -2.42. The number of likely N-dealkylation sites (tertiary alicyclic amines) is 1. The van der Waals surface area contributed by atoms with Crippen LogP contribution in [0.1, 0.15) is 38.2 Å². The standard InChI is InChI=1S/C20H27N5.HI/c1-2-21-19(24-13-10-20(16-24)8-4-9-20)22-15-17-6-3-7-18(14-17)25-12-5-11-23-25;/h3,5-7,11-12,14H,2,4,8-10,13,15-16H2,1H3,(H,21,22);1H. The molecule has 0 radical (unpaired) electrons. The van der Waals surface area contributed by atoms with Crippen LogP contribution in [0.3, 0.4) is 0 Å². The summed E-state index contributed by atoms with van der Waals surface area (Å²) < 4.78 is 1.89. The highest BCUT2D eigenvalue weighted by Gasteiger charge is 2.43. The highest BCUT2D eigenvalue weighted by Crippen LogP contribution is 2.47. The first kappa shape index (κ1) is 19.2. The first-order chi connectivity index (χ1) is 12.3. The van der Waals surface area contributed by atoms with Gasteiger partial charge in [0.1, 0.15) is 0 Å². The van der Waals surface area contributed by atoms with Crippen molar-refractivity contribution in [2.75, 3.05) is 19.6 Å². The number of nitrogens with zero attached hydrogens (tertiary/aromatic N) is 4. The van der Waals surface area contributed by atoms with Gasteiger partial charge in [0, 0.05) is 32.0 Å². The first-order valence-corrected chi connectivity index (χ1v) is 9.40. The fourth-order valence-electron chi connectivity index (χ4n) is 4.01. The molecule has 1 saturated carbocycles. The molecule has 140 valence electrons. The predicted molar refractivity (Wildman–Crippen MR) is 116 cm³/mol. The smallest absolute Gasteiger partial charge is 0.194 e. The molecule has 1 spiro atoms. The van der Waals surface area contributed by atoms with Gasteiger partial charge in [-0.3, -0.25) is 0 Å². The second-order valence-electron chi connectivity index (χ2n) is 7.32. The maximum Gasteiger partial charge on any atom is 0.194 e. The minimum atomic E-state index is 0. The summed E-state index contributed by atoms with van der Waals surface area (Å²) in [6.45, 7) is 6.06. The summed E-state index contributed by atoms with van der Waals surface area (Å²) in [4.78, 5) is 7.37. The molecule has 26 heavy (non-hydrogen) atoms. The number of rotatable bonds is 4. The molecule has 1 N–H and O–H groups in total. The average Bonchev–Trinajstić information content (AvgIpc) is 3.28. The summed E-state index contributed by atoms with van der Waals surface area (Å²) in [5.41, 5.74) is 2.88. The van der Waals surface area contributed by atoms with Crippen molar-refractivity contribution >= 4 is 29.9 Å². The third-order valence-electron chi connectivity index (χ3n) is 5.58. The molecule has 5 nitrogen and oxygen atoms in total. The van der Waals surface area contributed by atoms with Gasteiger partial charge in [0.05, 0.1) is 12.2 Å². The van der Waals surface area contributed by atoms with Gasteiger partial charge < -0.3 is 10.2 Å². The number of halogens is 1. The van der Waals surface area contributed by atoms with Crippen molar-refractivity contribution in [3.8, 4) is 5.69 Å². The van der Waals surface area contributed by atoms with Crippen LogP contribution in [-0.4, -0.2) is 40.3 Å². The van der Waals surface area contributed by atoms with E-state index >= 15 is 0 Å². The lowest BCUT2D eigenvalue weighted by Gasteiger charge is -2.38. The van der Waals surface area contributed by atoms with E-state index in [1.54, 1.807) is 6.20 Å². The third kappa shape index (κ3) is 4.05. The van der Waals surface area contributed by atoms with E-state index in [1.165, 1.54) is 37.8 Å². The Morgan fingerprint density at radius 2 is 2.15 bits per heavy atom. The lowest BCUT2D eigenvalue weighted by molar-refractivity contribution is 0.151. The van der Waals surface area contributed by atoms with Gasteiger partial charge in [0.15, 0.2) is 5.96 Å². The van der Waals surface area contributed by atoms with Crippen LogP contribution in [0.5, 0.6) is 0 Å². The molecule has 2 aromatic rings. The molecule has 0 bridgehead atoms. The van der Waals surface area contributed by atoms with Crippen LogP contribution in [0.2, 0.25) is 0 Å². The Hall–Kier alpha value is -1.57. The number of aromatic nitrogens is 2. The van der Waals surface area contributed by atoms with Crippen molar-refractivity contribution in [1.29, 1.82) is 0 Å². The molecular formula is C20H28IN5. The summed E-state index contributed by atoms with van der Waals surface area (Å²) in [7, 11) is 0. The van der Waals surface area contributed by atoms with E-state index in [0.717, 1.165) is 24.7 Å². The van der Waals surface area contributed by atoms with Crippen LogP contribution in [0.15, 0.2) is 47.7 Å². The van der Waals surface area contributed by atoms with Crippen LogP contribution >= 0.6 is 24.0 Å². The summed E-state index contributed by atoms with van der Waals surface area (Å²) in [5.74, 6) is 1.07. The molecular weight excluding hydrogens is 437 g/mol. The number of hydrogen-bond donors (Lipinski definition) is 1. The largest absolute Gasteiger partial charge is 0.357 e. The molecule has 6 heteroatoms. The van der Waals surface area contributed by atoms with Gasteiger partial charge >= 0.3 is 0 Å². The Balaban J connectivity index is 0.00000196. The molecule has 1 aliphatic carbocycles. The number of aliphatic imine (C=N–C) groups is 1. The minimum absolute atomic E-state index is 0. The first-order valence-electron chi connectivity index (χ1n) is 9.40. The van der Waals surface area contributed by atoms with E-state index in [-0.39, 0.29) is 24.0 Å². The molecule has 0 amide bonds. The van der Waals surface area contributed by atoms with Crippen LogP contribution in [0.4, 0.5) is 0 Å². The maximum absolute atomic E-state index is 4.91. The summed E-state index contributed by atoms with van der Waals surface area (Å²) in [6, 6.07) is 10.4. The van der Waals surface area contributed by atoms with E-state index < -0.39 is 0 Å². The molecule has 1 aromatic carbocycles. The Bertz CT molecular complexity index is 736. The Morgan fingerprint density at radius 3 is 2.81 bits per heavy atom. The molecule has 1 saturated heterocycles. The SMILES string of the molecule is CCNC(=NCc1cccc(-n2cccn2)c1)N1CCC2(CCC2)C1.I. The highest BCUT2D eigenvalue weighted by molar-refractivity contribution is 14.0. The number of nitrogens with one attached hydrogen (secondary N) is 1. The molecule has 0 atom stereocenters. The fraction of sp³-hybridized carbons (Fsp3) is 0.500. The van der Waals surface area contributed by atoms with Gasteiger partial charge in [0.25, 0.3) is 0 Å². The fourth-order valence-corrected chi connectivity index (χ4v) is 4.01. The van der Waals surface area contributed by atoms with Gasteiger partial charge in [0.2, 0.25) is 0 Å². The summed E-state index contributed by atoms with van der Waals surface area (Å²) >= 11 is 0. The van der Waals surface area contributed by atoms with Crippen molar-refractivity contribution in [2.24, 2.45) is 10.4 Å². The predicted octanol–water partition coefficient (Wildman–Crippen LogP) is 3.83. The molecule has 1 aromatic heterocycles. The zero-order valence-electron chi connectivity index (χ0n) is 15.4. The van der Waals surface area contributed by atoms with E-state index in [4.69, 9.17) is 4.99 Å². The van der Waals surface area contributed by atoms with Crippen molar-refractivity contribution in [2.45, 2.75) is 39.2 Å². The van der Waals surface area contributed by atoms with Gasteiger partial charge in [-0.1, -0.05) is 18.6 Å². The van der Waals surface area contributed by atoms with Crippen LogP contribution in [0.25, 0.3) is 5.69 Å². The second kappa shape index (κ2) is 8.41. The number of hydrogen-bond acceptors (Lipinski definition) is 2. The average molecular weight is 465 g/mol. The normalized spacial score (nSPS) is 18.5. The van der Waals surface area contributed by atoms with Gasteiger partial charge in [-0.25, -0.2) is 9.67 Å². The van der Waals surface area contributed by atoms with E-state index in [0.29, 0.717) is 12.0 Å². The molecule has 2 heterocycles. The van der Waals surface area contributed by atoms with Crippen LogP contribution in [-0.2, 0) is 6.54 Å². The van der Waals surface area contributed by atoms with E-state index in [9.17, 15) is 0 Å². The van der Waals surface area contributed by atoms with Crippen molar-refractivity contribution in [3.05, 3.63) is 48.3 Å². The molecule has 1 aliphatic heterocycles. The van der Waals surface area contributed by atoms with E-state index in [1.807, 2.05) is 16.9 Å². The minimum Gasteiger partial charge on any atom is -0.357 e. The van der Waals surface area contributed by atoms with Crippen LogP contribution < -0.4 is 5.32 Å². The van der Waals surface area contributed by atoms with Gasteiger partial charge in [-0.15, -0.1) is 24.0 Å². The topological polar surface area (TPSA) is 45.5 Å². The second-order valence-corrected chi connectivity index (χ2v) is 7.32. The molecule has 2 fully saturated rings. The lowest BCUT2D eigenvalue weighted by atomic mass is 9.68. The molecule has 0 unspecified atom stereocenters. The summed E-state index contributed by atoms with van der Waals surface area (Å²) in [5, 5.41) is 7.79. The number of guanidine groups is 1. The quantitative estimate of drug-likeness (QED) is 0.424. The summed E-state index contributed by atoms with van der Waals surface area (Å²) in [6.07, 6.45) is 9.30.